The van der Waals surface area contributed by atoms with Crippen molar-refractivity contribution >= 4 is 38.5 Å². The molecule has 0 saturated carbocycles. The minimum absolute atomic E-state index is 0.186. The molecule has 0 aliphatic carbocycles. The monoisotopic (exact) mass is 375 g/mol. The molecule has 3 rings (SSSR count). The largest absolute Gasteiger partial charge is 0.456 e. The highest BCUT2D eigenvalue weighted by Crippen LogP contribution is 2.21. The fourth-order valence-electron chi connectivity index (χ4n) is 2.82. The molecule has 120 valence electrons. The first-order chi connectivity index (χ1) is 11.0. The van der Waals surface area contributed by atoms with E-state index in [0.717, 1.165) is 28.1 Å². The molecule has 1 fully saturated rings. The lowest BCUT2D eigenvalue weighted by Crippen LogP contribution is -2.36. The van der Waals surface area contributed by atoms with Gasteiger partial charge in [0.2, 0.25) is 0 Å². The van der Waals surface area contributed by atoms with Crippen LogP contribution in [-0.4, -0.2) is 30.4 Å². The number of halogens is 1. The first-order valence-electron chi connectivity index (χ1n) is 7.68. The van der Waals surface area contributed by atoms with Crippen LogP contribution in [0, 0.1) is 0 Å². The van der Waals surface area contributed by atoms with Gasteiger partial charge in [0, 0.05) is 16.1 Å². The molecule has 4 nitrogen and oxygen atoms in total. The number of hydrogen-bond acceptors (Lipinski definition) is 4. The van der Waals surface area contributed by atoms with Crippen LogP contribution in [0.1, 0.15) is 30.1 Å². The van der Waals surface area contributed by atoms with Crippen LogP contribution in [-0.2, 0) is 9.53 Å². The lowest BCUT2D eigenvalue weighted by molar-refractivity contribution is -0.144. The van der Waals surface area contributed by atoms with Crippen LogP contribution in [0.2, 0.25) is 0 Å². The van der Waals surface area contributed by atoms with Gasteiger partial charge in [0.25, 0.3) is 0 Å². The van der Waals surface area contributed by atoms with Gasteiger partial charge in [-0.3, -0.25) is 9.59 Å². The first-order valence-corrected chi connectivity index (χ1v) is 8.47. The molecule has 5 heteroatoms. The summed E-state index contributed by atoms with van der Waals surface area (Å²) in [7, 11) is 0. The van der Waals surface area contributed by atoms with Crippen LogP contribution in [0.25, 0.3) is 10.8 Å². The second kappa shape index (κ2) is 6.81. The van der Waals surface area contributed by atoms with Gasteiger partial charge >= 0.3 is 5.97 Å². The second-order valence-corrected chi connectivity index (χ2v) is 6.85. The number of rotatable bonds is 4. The molecule has 0 radical (unpaired) electrons. The Labute approximate surface area is 143 Å². The Morgan fingerprint density at radius 1 is 1.17 bits per heavy atom. The number of ether oxygens (including phenoxy) is 1. The van der Waals surface area contributed by atoms with Crippen LogP contribution in [0.15, 0.2) is 40.9 Å². The van der Waals surface area contributed by atoms with Gasteiger partial charge in [-0.15, -0.1) is 0 Å². The van der Waals surface area contributed by atoms with Crippen molar-refractivity contribution in [3.8, 4) is 0 Å². The van der Waals surface area contributed by atoms with E-state index in [-0.39, 0.29) is 24.4 Å². The summed E-state index contributed by atoms with van der Waals surface area (Å²) >= 11 is 3.43. The third-order valence-corrected chi connectivity index (χ3v) is 4.62. The topological polar surface area (TPSA) is 55.4 Å². The zero-order chi connectivity index (χ0) is 16.4. The van der Waals surface area contributed by atoms with Gasteiger partial charge in [-0.25, -0.2) is 0 Å². The van der Waals surface area contributed by atoms with Gasteiger partial charge in [0.1, 0.15) is 6.04 Å². The van der Waals surface area contributed by atoms with Crippen molar-refractivity contribution in [1.82, 2.24) is 5.32 Å². The van der Waals surface area contributed by atoms with Crippen molar-refractivity contribution in [3.05, 3.63) is 46.4 Å². The van der Waals surface area contributed by atoms with E-state index >= 15 is 0 Å². The summed E-state index contributed by atoms with van der Waals surface area (Å²) in [6.45, 7) is 1.82. The van der Waals surface area contributed by atoms with Crippen LogP contribution >= 0.6 is 15.9 Å². The van der Waals surface area contributed by atoms with Crippen LogP contribution in [0.5, 0.6) is 0 Å². The number of benzene rings is 2. The standard InChI is InChI=1S/C18H18BrNO3/c1-11-2-7-16(20-11)18(22)23-10-17(21)14-4-3-13-9-15(19)6-5-12(13)8-14/h3-6,8-9,11,16,20H,2,7,10H2,1H3/t11-,16-/m0/s1. The highest BCUT2D eigenvalue weighted by atomic mass is 79.9. The summed E-state index contributed by atoms with van der Waals surface area (Å²) in [5.74, 6) is -0.526. The molecule has 2 aromatic carbocycles. The van der Waals surface area contributed by atoms with Gasteiger partial charge in [-0.1, -0.05) is 34.1 Å². The normalized spacial score (nSPS) is 20.6. The van der Waals surface area contributed by atoms with Crippen molar-refractivity contribution in [2.45, 2.75) is 31.8 Å². The molecule has 1 saturated heterocycles. The van der Waals surface area contributed by atoms with Crippen LogP contribution in [0.4, 0.5) is 0 Å². The highest BCUT2D eigenvalue weighted by Gasteiger charge is 2.28. The second-order valence-electron chi connectivity index (χ2n) is 5.93. The van der Waals surface area contributed by atoms with Gasteiger partial charge in [0.15, 0.2) is 12.4 Å². The van der Waals surface area contributed by atoms with Crippen LogP contribution in [0.3, 0.4) is 0 Å². The maximum atomic E-state index is 12.2. The van der Waals surface area contributed by atoms with Gasteiger partial charge in [0.05, 0.1) is 0 Å². The molecule has 23 heavy (non-hydrogen) atoms. The predicted molar refractivity (Wildman–Crippen MR) is 92.6 cm³/mol. The maximum Gasteiger partial charge on any atom is 0.323 e. The molecule has 0 spiro atoms. The number of Topliss-reactive ketones (excluding diaryl/α,β-unsaturated/α-hetero) is 1. The number of fused-ring (bicyclic) bond motifs is 1. The van der Waals surface area contributed by atoms with Crippen molar-refractivity contribution in [2.75, 3.05) is 6.61 Å². The molecular formula is C18H18BrNO3. The van der Waals surface area contributed by atoms with Gasteiger partial charge in [-0.2, -0.15) is 0 Å². The van der Waals surface area contributed by atoms with E-state index in [9.17, 15) is 9.59 Å². The summed E-state index contributed by atoms with van der Waals surface area (Å²) in [5, 5.41) is 5.19. The fourth-order valence-corrected chi connectivity index (χ4v) is 3.20. The Morgan fingerprint density at radius 2 is 1.91 bits per heavy atom. The van der Waals surface area contributed by atoms with E-state index in [4.69, 9.17) is 4.74 Å². The number of hydrogen-bond donors (Lipinski definition) is 1. The van der Waals surface area contributed by atoms with Crippen molar-refractivity contribution < 1.29 is 14.3 Å². The minimum atomic E-state index is -0.340. The van der Waals surface area contributed by atoms with Crippen molar-refractivity contribution in [2.24, 2.45) is 0 Å². The highest BCUT2D eigenvalue weighted by molar-refractivity contribution is 9.10. The zero-order valence-corrected chi connectivity index (χ0v) is 14.4. The first kappa shape index (κ1) is 16.1. The van der Waals surface area contributed by atoms with E-state index in [0.29, 0.717) is 11.6 Å². The minimum Gasteiger partial charge on any atom is -0.456 e. The number of carbonyl (C=O) groups is 2. The smallest absolute Gasteiger partial charge is 0.323 e. The lowest BCUT2D eigenvalue weighted by Gasteiger charge is -2.11. The SMILES string of the molecule is C[C@H]1CC[C@@H](C(=O)OCC(=O)c2ccc3cc(Br)ccc3c2)N1. The average Bonchev–Trinajstić information content (AvgIpc) is 2.98. The number of esters is 1. The third kappa shape index (κ3) is 3.79. The van der Waals surface area contributed by atoms with Gasteiger partial charge in [-0.05, 0) is 48.7 Å². The molecule has 0 unspecified atom stereocenters. The van der Waals surface area contributed by atoms with Crippen molar-refractivity contribution in [3.63, 3.8) is 0 Å². The van der Waals surface area contributed by atoms with Crippen LogP contribution < -0.4 is 5.32 Å². The Morgan fingerprint density at radius 3 is 2.65 bits per heavy atom. The Bertz CT molecular complexity index is 759. The van der Waals surface area contributed by atoms with E-state index in [1.807, 2.05) is 37.3 Å². The molecule has 1 aliphatic heterocycles. The van der Waals surface area contributed by atoms with E-state index in [1.165, 1.54) is 0 Å². The fraction of sp³-hybridized carbons (Fsp3) is 0.333. The van der Waals surface area contributed by atoms with Gasteiger partial charge < -0.3 is 10.1 Å². The molecule has 1 heterocycles. The molecule has 2 aromatic rings. The molecule has 0 bridgehead atoms. The summed E-state index contributed by atoms with van der Waals surface area (Å²) in [4.78, 5) is 24.2. The molecule has 0 aromatic heterocycles. The number of nitrogens with one attached hydrogen (secondary N) is 1. The quantitative estimate of drug-likeness (QED) is 0.656. The average molecular weight is 376 g/mol. The summed E-state index contributed by atoms with van der Waals surface area (Å²) in [5.41, 5.74) is 0.556. The molecule has 2 atom stereocenters. The Balaban J connectivity index is 1.64. The molecule has 0 amide bonds. The summed E-state index contributed by atoms with van der Waals surface area (Å²) in [6, 6.07) is 11.4. The predicted octanol–water partition coefficient (Wildman–Crippen LogP) is 3.47. The van der Waals surface area contributed by atoms with Crippen molar-refractivity contribution in [1.29, 1.82) is 0 Å². The number of ketones is 1. The van der Waals surface area contributed by atoms with E-state index in [2.05, 4.69) is 21.2 Å². The maximum absolute atomic E-state index is 12.2. The Hall–Kier alpha value is -1.72. The summed E-state index contributed by atoms with van der Waals surface area (Å²) in [6.07, 6.45) is 1.72. The number of carbonyl (C=O) groups excluding carboxylic acids is 2. The van der Waals surface area contributed by atoms with E-state index in [1.54, 1.807) is 6.07 Å². The zero-order valence-electron chi connectivity index (χ0n) is 12.8. The Kier molecular flexibility index (Phi) is 4.78. The molecular weight excluding hydrogens is 358 g/mol. The third-order valence-electron chi connectivity index (χ3n) is 4.13. The molecule has 1 N–H and O–H groups in total. The summed E-state index contributed by atoms with van der Waals surface area (Å²) < 4.78 is 6.16. The van der Waals surface area contributed by atoms with E-state index < -0.39 is 0 Å². The lowest BCUT2D eigenvalue weighted by atomic mass is 10.0. The molecule has 1 aliphatic rings.